The Morgan fingerprint density at radius 3 is 1.00 bits per heavy atom. The predicted octanol–water partition coefficient (Wildman–Crippen LogP) is 0.689. The molecule has 2 saturated heterocycles. The molecule has 0 radical (unpaired) electrons. The highest BCUT2D eigenvalue weighted by atomic mass is 16.7. The minimum atomic E-state index is -0.368. The van der Waals surface area contributed by atoms with Gasteiger partial charge in [-0.15, -0.1) is 0 Å². The van der Waals surface area contributed by atoms with Gasteiger partial charge in [0.05, 0.1) is 24.4 Å². The van der Waals surface area contributed by atoms with Crippen LogP contribution in [0.3, 0.4) is 0 Å². The zero-order valence-corrected chi connectivity index (χ0v) is 9.10. The van der Waals surface area contributed by atoms with Gasteiger partial charge in [0.15, 0.2) is 0 Å². The molecule has 0 aromatic carbocycles. The molecule has 2 aliphatic rings. The highest BCUT2D eigenvalue weighted by molar-refractivity contribution is 7.11. The molecule has 78 valence electrons. The molecule has 2 fully saturated rings. The third kappa shape index (κ3) is 1.84. The van der Waals surface area contributed by atoms with Crippen LogP contribution in [0.15, 0.2) is 0 Å². The van der Waals surface area contributed by atoms with Crippen molar-refractivity contribution < 1.29 is 18.6 Å². The van der Waals surface area contributed by atoms with E-state index in [1.54, 1.807) is 0 Å². The van der Waals surface area contributed by atoms with Crippen molar-refractivity contribution >= 4 is 14.0 Å². The van der Waals surface area contributed by atoms with Gasteiger partial charge in [0.25, 0.3) is 0 Å². The molecule has 0 spiro atoms. The van der Waals surface area contributed by atoms with E-state index < -0.39 is 0 Å². The van der Waals surface area contributed by atoms with Crippen LogP contribution in [0.2, 0.25) is 0 Å². The summed E-state index contributed by atoms with van der Waals surface area (Å²) in [6, 6.07) is 0. The van der Waals surface area contributed by atoms with Gasteiger partial charge in [-0.3, -0.25) is 0 Å². The van der Waals surface area contributed by atoms with E-state index in [9.17, 15) is 0 Å². The van der Waals surface area contributed by atoms with Gasteiger partial charge in [0, 0.05) is 0 Å². The monoisotopic (exact) mass is 198 g/mol. The average molecular weight is 198 g/mol. The molecule has 2 aliphatic heterocycles. The van der Waals surface area contributed by atoms with Crippen molar-refractivity contribution in [1.29, 1.82) is 0 Å². The molecule has 4 atom stereocenters. The van der Waals surface area contributed by atoms with E-state index in [0.29, 0.717) is 0 Å². The Balaban J connectivity index is 1.92. The van der Waals surface area contributed by atoms with Gasteiger partial charge in [0.2, 0.25) is 0 Å². The Morgan fingerprint density at radius 1 is 0.571 bits per heavy atom. The van der Waals surface area contributed by atoms with Crippen LogP contribution in [0.1, 0.15) is 27.7 Å². The Bertz CT molecular complexity index is 174. The normalized spacial score (nSPS) is 43.7. The smallest absolute Gasteiger partial charge is 0.408 e. The SMILES string of the molecule is C[C@@H]1OB(B2O[C@@H](C)[C@H](C)O2)O[C@H]1C. The largest absolute Gasteiger partial charge is 0.488 e. The van der Waals surface area contributed by atoms with E-state index in [2.05, 4.69) is 0 Å². The second kappa shape index (κ2) is 3.85. The molecule has 6 heteroatoms. The molecule has 4 nitrogen and oxygen atoms in total. The number of rotatable bonds is 1. The van der Waals surface area contributed by atoms with Crippen molar-refractivity contribution in [3.63, 3.8) is 0 Å². The van der Waals surface area contributed by atoms with Crippen LogP contribution < -0.4 is 0 Å². The highest BCUT2D eigenvalue weighted by Crippen LogP contribution is 2.24. The molecule has 0 aliphatic carbocycles. The summed E-state index contributed by atoms with van der Waals surface area (Å²) in [5.41, 5.74) is 0. The van der Waals surface area contributed by atoms with Crippen LogP contribution in [0.5, 0.6) is 0 Å². The Hall–Kier alpha value is -0.0301. The second-order valence-corrected chi connectivity index (χ2v) is 4.10. The Morgan fingerprint density at radius 2 is 0.786 bits per heavy atom. The van der Waals surface area contributed by atoms with Gasteiger partial charge in [0.1, 0.15) is 0 Å². The zero-order valence-electron chi connectivity index (χ0n) is 9.10. The average Bonchev–Trinajstić information content (AvgIpc) is 2.60. The van der Waals surface area contributed by atoms with E-state index in [-0.39, 0.29) is 38.4 Å². The summed E-state index contributed by atoms with van der Waals surface area (Å²) in [7, 11) is -0.736. The Labute approximate surface area is 85.5 Å². The first-order chi connectivity index (χ1) is 6.58. The van der Waals surface area contributed by atoms with Gasteiger partial charge < -0.3 is 18.6 Å². The van der Waals surface area contributed by atoms with Crippen molar-refractivity contribution in [3.05, 3.63) is 0 Å². The summed E-state index contributed by atoms with van der Waals surface area (Å²) in [5, 5.41) is 0. The second-order valence-electron chi connectivity index (χ2n) is 4.10. The van der Waals surface area contributed by atoms with Crippen LogP contribution in [-0.4, -0.2) is 38.4 Å². The first-order valence-corrected chi connectivity index (χ1v) is 5.20. The highest BCUT2D eigenvalue weighted by Gasteiger charge is 2.51. The first-order valence-electron chi connectivity index (χ1n) is 5.20. The van der Waals surface area contributed by atoms with Crippen molar-refractivity contribution in [1.82, 2.24) is 0 Å². The zero-order chi connectivity index (χ0) is 10.3. The van der Waals surface area contributed by atoms with Crippen LogP contribution in [0.4, 0.5) is 0 Å². The fourth-order valence-corrected chi connectivity index (χ4v) is 1.61. The van der Waals surface area contributed by atoms with Crippen LogP contribution in [0, 0.1) is 0 Å². The minimum absolute atomic E-state index is 0.110. The number of hydrogen-bond donors (Lipinski definition) is 0. The maximum absolute atomic E-state index is 5.58. The molecule has 0 N–H and O–H groups in total. The molecule has 14 heavy (non-hydrogen) atoms. The molecule has 0 unspecified atom stereocenters. The minimum Gasteiger partial charge on any atom is -0.408 e. The van der Waals surface area contributed by atoms with Crippen molar-refractivity contribution in [2.24, 2.45) is 0 Å². The lowest BCUT2D eigenvalue weighted by molar-refractivity contribution is 0.187. The maximum atomic E-state index is 5.58. The summed E-state index contributed by atoms with van der Waals surface area (Å²) < 4.78 is 22.3. The topological polar surface area (TPSA) is 36.9 Å². The van der Waals surface area contributed by atoms with Crippen LogP contribution in [0.25, 0.3) is 0 Å². The lowest BCUT2D eigenvalue weighted by atomic mass is 9.49. The quantitative estimate of drug-likeness (QED) is 0.580. The third-order valence-corrected chi connectivity index (χ3v) is 2.94. The molecular weight excluding hydrogens is 182 g/mol. The summed E-state index contributed by atoms with van der Waals surface area (Å²) in [4.78, 5) is 0. The van der Waals surface area contributed by atoms with Gasteiger partial charge in [-0.1, -0.05) is 0 Å². The lowest BCUT2D eigenvalue weighted by Gasteiger charge is -2.07. The molecule has 2 heterocycles. The van der Waals surface area contributed by atoms with Crippen molar-refractivity contribution in [3.8, 4) is 0 Å². The van der Waals surface area contributed by atoms with E-state index in [1.807, 2.05) is 27.7 Å². The lowest BCUT2D eigenvalue weighted by Crippen LogP contribution is -2.39. The van der Waals surface area contributed by atoms with Gasteiger partial charge in [-0.2, -0.15) is 0 Å². The standard InChI is InChI=1S/C8H16B2O4/c1-5-6(2)12-9(11-5)10-13-7(3)8(4)14-10/h5-8H,1-4H3/t5-,6-,7-,8-/m0/s1. The number of hydrogen-bond acceptors (Lipinski definition) is 4. The van der Waals surface area contributed by atoms with E-state index >= 15 is 0 Å². The van der Waals surface area contributed by atoms with E-state index in [0.717, 1.165) is 0 Å². The van der Waals surface area contributed by atoms with E-state index in [1.165, 1.54) is 0 Å². The van der Waals surface area contributed by atoms with Gasteiger partial charge >= 0.3 is 14.0 Å². The van der Waals surface area contributed by atoms with Gasteiger partial charge in [-0.05, 0) is 27.7 Å². The summed E-state index contributed by atoms with van der Waals surface area (Å²) >= 11 is 0. The van der Waals surface area contributed by atoms with Gasteiger partial charge in [-0.25, -0.2) is 0 Å². The van der Waals surface area contributed by atoms with Crippen molar-refractivity contribution in [2.75, 3.05) is 0 Å². The predicted molar refractivity (Wildman–Crippen MR) is 53.7 cm³/mol. The third-order valence-electron chi connectivity index (χ3n) is 2.94. The fraction of sp³-hybridized carbons (Fsp3) is 1.00. The summed E-state index contributed by atoms with van der Waals surface area (Å²) in [5.74, 6) is 0. The molecular formula is C8H16B2O4. The first kappa shape index (κ1) is 10.5. The van der Waals surface area contributed by atoms with Crippen LogP contribution in [-0.2, 0) is 18.6 Å². The molecule has 0 aromatic rings. The molecule has 0 saturated carbocycles. The molecule has 0 aromatic heterocycles. The fourth-order valence-electron chi connectivity index (χ4n) is 1.61. The Kier molecular flexibility index (Phi) is 2.88. The maximum Gasteiger partial charge on any atom is 0.488 e. The van der Waals surface area contributed by atoms with Crippen molar-refractivity contribution in [2.45, 2.75) is 52.1 Å². The van der Waals surface area contributed by atoms with E-state index in [4.69, 9.17) is 18.6 Å². The van der Waals surface area contributed by atoms with Crippen LogP contribution >= 0.6 is 0 Å². The summed E-state index contributed by atoms with van der Waals surface area (Å²) in [6.07, 6.45) is 0.439. The summed E-state index contributed by atoms with van der Waals surface area (Å²) in [6.45, 7) is 7.97. The molecule has 2 rings (SSSR count). The molecule has 0 amide bonds. The molecule has 0 bridgehead atoms.